The molecule has 1 atom stereocenters. The normalized spacial score (nSPS) is 12.2. The highest BCUT2D eigenvalue weighted by Crippen LogP contribution is 2.18. The van der Waals surface area contributed by atoms with Crippen LogP contribution in [-0.2, 0) is 14.3 Å². The second kappa shape index (κ2) is 36.2. The lowest BCUT2D eigenvalue weighted by atomic mass is 10.0. The Morgan fingerprint density at radius 1 is 0.477 bits per heavy atom. The van der Waals surface area contributed by atoms with E-state index in [1.54, 1.807) is 0 Å². The summed E-state index contributed by atoms with van der Waals surface area (Å²) in [4.78, 5) is 23.5. The number of ether oxygens (including phenoxy) is 1. The van der Waals surface area contributed by atoms with Crippen LogP contribution in [0.15, 0.2) is 12.2 Å². The van der Waals surface area contributed by atoms with Crippen LogP contribution in [0.4, 0.5) is 0 Å². The van der Waals surface area contributed by atoms with Gasteiger partial charge in [-0.25, -0.2) is 0 Å². The van der Waals surface area contributed by atoms with Crippen molar-refractivity contribution in [1.82, 2.24) is 0 Å². The molecule has 0 aromatic rings. The fourth-order valence-corrected chi connectivity index (χ4v) is 6.07. The SMILES string of the molecule is CCCCCC/C=C\CCCCCCCC(=O)OC(CCCCCCCCCCCCCCCCCCC)CCCC(=O)O. The average Bonchev–Trinajstić information content (AvgIpc) is 3.00. The van der Waals surface area contributed by atoms with Gasteiger partial charge in [-0.15, -0.1) is 0 Å². The number of aliphatic carboxylic acids is 1. The fourth-order valence-electron chi connectivity index (χ4n) is 6.07. The zero-order valence-corrected chi connectivity index (χ0v) is 29.7. The molecule has 0 spiro atoms. The summed E-state index contributed by atoms with van der Waals surface area (Å²) in [6.07, 6.45) is 43.7. The topological polar surface area (TPSA) is 63.6 Å². The molecule has 1 unspecified atom stereocenters. The van der Waals surface area contributed by atoms with Crippen LogP contribution in [0.25, 0.3) is 0 Å². The highest BCUT2D eigenvalue weighted by atomic mass is 16.5. The molecule has 0 fully saturated rings. The van der Waals surface area contributed by atoms with Gasteiger partial charge in [0.2, 0.25) is 0 Å². The minimum atomic E-state index is -0.768. The molecule has 0 amide bonds. The second-order valence-corrected chi connectivity index (χ2v) is 13.5. The van der Waals surface area contributed by atoms with Crippen molar-refractivity contribution in [2.75, 3.05) is 0 Å². The molecule has 44 heavy (non-hydrogen) atoms. The van der Waals surface area contributed by atoms with E-state index >= 15 is 0 Å². The van der Waals surface area contributed by atoms with Crippen molar-refractivity contribution in [3.8, 4) is 0 Å². The van der Waals surface area contributed by atoms with Gasteiger partial charge < -0.3 is 9.84 Å². The van der Waals surface area contributed by atoms with Gasteiger partial charge in [-0.2, -0.15) is 0 Å². The Kier molecular flexibility index (Phi) is 35.1. The van der Waals surface area contributed by atoms with Crippen LogP contribution < -0.4 is 0 Å². The maximum Gasteiger partial charge on any atom is 0.306 e. The van der Waals surface area contributed by atoms with E-state index in [4.69, 9.17) is 9.84 Å². The third-order valence-electron chi connectivity index (χ3n) is 8.99. The van der Waals surface area contributed by atoms with E-state index in [1.807, 2.05) is 0 Å². The third-order valence-corrected chi connectivity index (χ3v) is 8.99. The molecule has 0 aliphatic heterocycles. The molecule has 4 nitrogen and oxygen atoms in total. The number of hydrogen-bond acceptors (Lipinski definition) is 3. The van der Waals surface area contributed by atoms with Gasteiger partial charge in [-0.1, -0.05) is 167 Å². The number of carboxylic acids is 1. The Balaban J connectivity index is 3.79. The first kappa shape index (κ1) is 42.7. The van der Waals surface area contributed by atoms with Gasteiger partial charge >= 0.3 is 11.9 Å². The summed E-state index contributed by atoms with van der Waals surface area (Å²) in [6.45, 7) is 4.54. The lowest BCUT2D eigenvalue weighted by molar-refractivity contribution is -0.150. The molecule has 0 aliphatic rings. The molecule has 260 valence electrons. The number of carboxylic acid groups (broad SMARTS) is 1. The van der Waals surface area contributed by atoms with E-state index in [-0.39, 0.29) is 18.5 Å². The summed E-state index contributed by atoms with van der Waals surface area (Å²) in [5.74, 6) is -0.862. The number of hydrogen-bond donors (Lipinski definition) is 1. The van der Waals surface area contributed by atoms with E-state index in [9.17, 15) is 9.59 Å². The van der Waals surface area contributed by atoms with Crippen LogP contribution in [0.2, 0.25) is 0 Å². The highest BCUT2D eigenvalue weighted by Gasteiger charge is 2.15. The summed E-state index contributed by atoms with van der Waals surface area (Å²) in [7, 11) is 0. The maximum absolute atomic E-state index is 12.5. The molecule has 0 bridgehead atoms. The lowest BCUT2D eigenvalue weighted by Gasteiger charge is -2.18. The van der Waals surface area contributed by atoms with Crippen LogP contribution in [0.1, 0.15) is 226 Å². The largest absolute Gasteiger partial charge is 0.481 e. The number of allylic oxidation sites excluding steroid dienone is 2. The summed E-state index contributed by atoms with van der Waals surface area (Å²) >= 11 is 0. The van der Waals surface area contributed by atoms with Gasteiger partial charge in [0.1, 0.15) is 6.10 Å². The predicted octanol–water partition coefficient (Wildman–Crippen LogP) is 13.5. The summed E-state index contributed by atoms with van der Waals surface area (Å²) in [5, 5.41) is 9.02. The van der Waals surface area contributed by atoms with Crippen LogP contribution in [0.5, 0.6) is 0 Å². The Labute approximate surface area is 275 Å². The summed E-state index contributed by atoms with van der Waals surface area (Å²) in [5.41, 5.74) is 0. The van der Waals surface area contributed by atoms with Crippen molar-refractivity contribution < 1.29 is 19.4 Å². The predicted molar refractivity (Wildman–Crippen MR) is 190 cm³/mol. The van der Waals surface area contributed by atoms with Gasteiger partial charge in [-0.3, -0.25) is 9.59 Å². The molecule has 1 N–H and O–H groups in total. The third kappa shape index (κ3) is 35.2. The Bertz CT molecular complexity index is 629. The minimum absolute atomic E-state index is 0.0942. The van der Waals surface area contributed by atoms with Crippen molar-refractivity contribution in [1.29, 1.82) is 0 Å². The first-order chi connectivity index (χ1) is 21.6. The van der Waals surface area contributed by atoms with Gasteiger partial charge in [0.15, 0.2) is 0 Å². The molecule has 0 saturated carbocycles. The number of unbranched alkanes of at least 4 members (excludes halogenated alkanes) is 25. The van der Waals surface area contributed by atoms with Crippen LogP contribution in [-0.4, -0.2) is 23.1 Å². The van der Waals surface area contributed by atoms with E-state index in [0.29, 0.717) is 19.3 Å². The molecule has 0 heterocycles. The van der Waals surface area contributed by atoms with E-state index in [1.165, 1.54) is 161 Å². The zero-order chi connectivity index (χ0) is 32.2. The standard InChI is InChI=1S/C40H76O4/c1-3-5-7-9-11-13-15-17-18-19-20-22-23-25-27-29-31-34-38(35-33-36-39(41)42)44-40(43)37-32-30-28-26-24-21-16-14-12-10-8-6-4-2/h14,16,38H,3-13,15,17-37H2,1-2H3,(H,41,42)/b16-14-. The lowest BCUT2D eigenvalue weighted by Crippen LogP contribution is -2.18. The molecule has 0 rings (SSSR count). The molecule has 0 saturated heterocycles. The van der Waals surface area contributed by atoms with Crippen molar-refractivity contribution in [3.05, 3.63) is 12.2 Å². The molecular weight excluding hydrogens is 544 g/mol. The molecule has 0 aliphatic carbocycles. The average molecular weight is 621 g/mol. The van der Waals surface area contributed by atoms with Gasteiger partial charge in [-0.05, 0) is 57.8 Å². The molecule has 0 radical (unpaired) electrons. The van der Waals surface area contributed by atoms with Crippen molar-refractivity contribution in [2.45, 2.75) is 232 Å². The number of esters is 1. The van der Waals surface area contributed by atoms with Crippen molar-refractivity contribution in [3.63, 3.8) is 0 Å². The Morgan fingerprint density at radius 3 is 1.30 bits per heavy atom. The van der Waals surface area contributed by atoms with E-state index in [2.05, 4.69) is 26.0 Å². The van der Waals surface area contributed by atoms with E-state index < -0.39 is 5.97 Å². The monoisotopic (exact) mass is 621 g/mol. The van der Waals surface area contributed by atoms with Gasteiger partial charge in [0, 0.05) is 12.8 Å². The first-order valence-electron chi connectivity index (χ1n) is 19.7. The minimum Gasteiger partial charge on any atom is -0.481 e. The van der Waals surface area contributed by atoms with Crippen molar-refractivity contribution in [2.24, 2.45) is 0 Å². The molecular formula is C40H76O4. The maximum atomic E-state index is 12.5. The smallest absolute Gasteiger partial charge is 0.306 e. The number of rotatable bonds is 36. The van der Waals surface area contributed by atoms with Crippen LogP contribution in [0, 0.1) is 0 Å². The number of carbonyl (C=O) groups excluding carboxylic acids is 1. The Hall–Kier alpha value is -1.32. The van der Waals surface area contributed by atoms with E-state index in [0.717, 1.165) is 25.7 Å². The van der Waals surface area contributed by atoms with Crippen LogP contribution >= 0.6 is 0 Å². The summed E-state index contributed by atoms with van der Waals surface area (Å²) < 4.78 is 5.83. The highest BCUT2D eigenvalue weighted by molar-refractivity contribution is 5.69. The molecule has 0 aromatic heterocycles. The van der Waals surface area contributed by atoms with Gasteiger partial charge in [0.05, 0.1) is 0 Å². The van der Waals surface area contributed by atoms with Crippen LogP contribution in [0.3, 0.4) is 0 Å². The quantitative estimate of drug-likeness (QED) is 0.0430. The van der Waals surface area contributed by atoms with Crippen molar-refractivity contribution >= 4 is 11.9 Å². The zero-order valence-electron chi connectivity index (χ0n) is 29.7. The molecule has 4 heteroatoms. The second-order valence-electron chi connectivity index (χ2n) is 13.5. The van der Waals surface area contributed by atoms with Gasteiger partial charge in [0.25, 0.3) is 0 Å². The number of carbonyl (C=O) groups is 2. The summed E-state index contributed by atoms with van der Waals surface area (Å²) in [6, 6.07) is 0. The first-order valence-corrected chi connectivity index (χ1v) is 19.7. The molecule has 0 aromatic carbocycles. The Morgan fingerprint density at radius 2 is 0.841 bits per heavy atom. The fraction of sp³-hybridized carbons (Fsp3) is 0.900.